The van der Waals surface area contributed by atoms with Crippen molar-refractivity contribution in [3.63, 3.8) is 0 Å². The fourth-order valence-electron chi connectivity index (χ4n) is 1.97. The van der Waals surface area contributed by atoms with Crippen molar-refractivity contribution in [2.45, 2.75) is 25.8 Å². The molecule has 0 aromatic heterocycles. The normalized spacial score (nSPS) is 16.1. The molecule has 1 aromatic rings. The smallest absolute Gasteiger partial charge is 0.335 e. The number of methoxy groups -OCH3 is 1. The second-order valence-electron chi connectivity index (χ2n) is 4.23. The molecule has 0 saturated carbocycles. The summed E-state index contributed by atoms with van der Waals surface area (Å²) in [6, 6.07) is 10.4. The minimum Gasteiger partial charge on any atom is -0.466 e. The summed E-state index contributed by atoms with van der Waals surface area (Å²) in [6.45, 7) is 2.09. The maximum absolute atomic E-state index is 11.4. The molecule has 17 heavy (non-hydrogen) atoms. The molecule has 2 rings (SSSR count). The molecule has 0 bridgehead atoms. The van der Waals surface area contributed by atoms with Gasteiger partial charge in [-0.2, -0.15) is 0 Å². The highest BCUT2D eigenvalue weighted by Gasteiger charge is 2.25. The second-order valence-corrected chi connectivity index (χ2v) is 4.23. The van der Waals surface area contributed by atoms with Gasteiger partial charge in [0.05, 0.1) is 12.7 Å². The minimum atomic E-state index is -0.209. The van der Waals surface area contributed by atoms with E-state index in [1.54, 1.807) is 0 Å². The standard InChI is InChI=1S/C14H17NO2/c1-10(11-6-4-3-5-7-11)15-13-9-8-12(13)14(16)17-2/h3-7,10,15H,8-9H2,1-2H3/t10-/m1/s1. The molecule has 0 amide bonds. The van der Waals surface area contributed by atoms with Gasteiger partial charge in [-0.3, -0.25) is 0 Å². The molecule has 0 aliphatic heterocycles. The van der Waals surface area contributed by atoms with E-state index in [1.807, 2.05) is 18.2 Å². The molecule has 0 spiro atoms. The van der Waals surface area contributed by atoms with Crippen LogP contribution < -0.4 is 5.32 Å². The van der Waals surface area contributed by atoms with E-state index in [2.05, 4.69) is 24.4 Å². The second kappa shape index (κ2) is 5.04. The first-order valence-corrected chi connectivity index (χ1v) is 5.84. The molecule has 1 aliphatic carbocycles. The molecular formula is C14H17NO2. The third-order valence-electron chi connectivity index (χ3n) is 3.11. The van der Waals surface area contributed by atoms with Crippen molar-refractivity contribution in [3.8, 4) is 0 Å². The van der Waals surface area contributed by atoms with Crippen molar-refractivity contribution < 1.29 is 9.53 Å². The van der Waals surface area contributed by atoms with Gasteiger partial charge in [0.15, 0.2) is 0 Å². The van der Waals surface area contributed by atoms with Crippen LogP contribution in [0.4, 0.5) is 0 Å². The molecule has 1 aliphatic rings. The van der Waals surface area contributed by atoms with E-state index < -0.39 is 0 Å². The summed E-state index contributed by atoms with van der Waals surface area (Å²) >= 11 is 0. The molecule has 0 fully saturated rings. The van der Waals surface area contributed by atoms with Crippen molar-refractivity contribution >= 4 is 5.97 Å². The Morgan fingerprint density at radius 2 is 2.00 bits per heavy atom. The summed E-state index contributed by atoms with van der Waals surface area (Å²) in [5.74, 6) is -0.209. The molecule has 1 atom stereocenters. The highest BCUT2D eigenvalue weighted by atomic mass is 16.5. The van der Waals surface area contributed by atoms with E-state index in [0.29, 0.717) is 0 Å². The van der Waals surface area contributed by atoms with Gasteiger partial charge in [0.2, 0.25) is 0 Å². The summed E-state index contributed by atoms with van der Waals surface area (Å²) in [5.41, 5.74) is 3.03. The summed E-state index contributed by atoms with van der Waals surface area (Å²) in [7, 11) is 1.42. The Morgan fingerprint density at radius 1 is 1.29 bits per heavy atom. The Hall–Kier alpha value is -1.77. The lowest BCUT2D eigenvalue weighted by atomic mass is 9.93. The van der Waals surface area contributed by atoms with Gasteiger partial charge in [-0.1, -0.05) is 30.3 Å². The quantitative estimate of drug-likeness (QED) is 0.809. The lowest BCUT2D eigenvalue weighted by molar-refractivity contribution is -0.136. The van der Waals surface area contributed by atoms with Gasteiger partial charge in [0, 0.05) is 11.7 Å². The van der Waals surface area contributed by atoms with Gasteiger partial charge in [0.25, 0.3) is 0 Å². The van der Waals surface area contributed by atoms with E-state index >= 15 is 0 Å². The first kappa shape index (κ1) is 11.7. The number of hydrogen-bond donors (Lipinski definition) is 1. The molecule has 3 heteroatoms. The zero-order chi connectivity index (χ0) is 12.3. The first-order valence-electron chi connectivity index (χ1n) is 5.84. The Kier molecular flexibility index (Phi) is 3.47. The number of carbonyl (C=O) groups is 1. The molecule has 1 aromatic carbocycles. The van der Waals surface area contributed by atoms with Crippen molar-refractivity contribution in [2.75, 3.05) is 7.11 Å². The average Bonchev–Trinajstić information content (AvgIpc) is 2.35. The maximum Gasteiger partial charge on any atom is 0.335 e. The molecular weight excluding hydrogens is 214 g/mol. The van der Waals surface area contributed by atoms with Crippen LogP contribution >= 0.6 is 0 Å². The van der Waals surface area contributed by atoms with Crippen molar-refractivity contribution in [2.24, 2.45) is 0 Å². The monoisotopic (exact) mass is 231 g/mol. The van der Waals surface area contributed by atoms with Crippen LogP contribution in [0.2, 0.25) is 0 Å². The van der Waals surface area contributed by atoms with E-state index in [0.717, 1.165) is 24.1 Å². The van der Waals surface area contributed by atoms with Crippen molar-refractivity contribution in [1.29, 1.82) is 0 Å². The molecule has 0 radical (unpaired) electrons. The van der Waals surface area contributed by atoms with Crippen molar-refractivity contribution in [3.05, 3.63) is 47.2 Å². The minimum absolute atomic E-state index is 0.209. The molecule has 1 N–H and O–H groups in total. The predicted molar refractivity (Wildman–Crippen MR) is 66.3 cm³/mol. The van der Waals surface area contributed by atoms with E-state index in [4.69, 9.17) is 4.74 Å². The summed E-state index contributed by atoms with van der Waals surface area (Å²) < 4.78 is 4.73. The number of esters is 1. The van der Waals surface area contributed by atoms with Crippen LogP contribution in [0.25, 0.3) is 0 Å². The number of rotatable bonds is 4. The number of carbonyl (C=O) groups excluding carboxylic acids is 1. The molecule has 0 heterocycles. The third-order valence-corrected chi connectivity index (χ3v) is 3.11. The van der Waals surface area contributed by atoms with Crippen molar-refractivity contribution in [1.82, 2.24) is 5.32 Å². The van der Waals surface area contributed by atoms with E-state index in [9.17, 15) is 4.79 Å². The Labute approximate surface area is 101 Å². The van der Waals surface area contributed by atoms with Gasteiger partial charge >= 0.3 is 5.97 Å². The number of nitrogens with one attached hydrogen (secondary N) is 1. The Morgan fingerprint density at radius 3 is 2.53 bits per heavy atom. The number of benzene rings is 1. The lowest BCUT2D eigenvalue weighted by Crippen LogP contribution is -2.27. The third kappa shape index (κ3) is 2.49. The van der Waals surface area contributed by atoms with Crippen LogP contribution in [0, 0.1) is 0 Å². The summed E-state index contributed by atoms with van der Waals surface area (Å²) in [5, 5.41) is 3.38. The maximum atomic E-state index is 11.4. The van der Waals surface area contributed by atoms with E-state index in [1.165, 1.54) is 12.7 Å². The van der Waals surface area contributed by atoms with Gasteiger partial charge in [0.1, 0.15) is 0 Å². The molecule has 90 valence electrons. The first-order chi connectivity index (χ1) is 8.22. The number of ether oxygens (including phenoxy) is 1. The van der Waals surface area contributed by atoms with E-state index in [-0.39, 0.29) is 12.0 Å². The number of hydrogen-bond acceptors (Lipinski definition) is 3. The summed E-state index contributed by atoms with van der Waals surface area (Å²) in [6.07, 6.45) is 1.75. The topological polar surface area (TPSA) is 38.3 Å². The molecule has 0 saturated heterocycles. The van der Waals surface area contributed by atoms with Gasteiger partial charge in [-0.25, -0.2) is 4.79 Å². The van der Waals surface area contributed by atoms with Gasteiger partial charge in [-0.05, 0) is 25.3 Å². The van der Waals surface area contributed by atoms with Crippen LogP contribution in [0.3, 0.4) is 0 Å². The van der Waals surface area contributed by atoms with Crippen LogP contribution in [0.15, 0.2) is 41.6 Å². The Bertz CT molecular complexity index is 437. The zero-order valence-electron chi connectivity index (χ0n) is 10.2. The Balaban J connectivity index is 2.05. The van der Waals surface area contributed by atoms with Gasteiger partial charge in [-0.15, -0.1) is 0 Å². The van der Waals surface area contributed by atoms with Crippen LogP contribution in [-0.2, 0) is 9.53 Å². The highest BCUT2D eigenvalue weighted by Crippen LogP contribution is 2.28. The average molecular weight is 231 g/mol. The van der Waals surface area contributed by atoms with Gasteiger partial charge < -0.3 is 10.1 Å². The largest absolute Gasteiger partial charge is 0.466 e. The van der Waals surface area contributed by atoms with Crippen LogP contribution in [0.5, 0.6) is 0 Å². The van der Waals surface area contributed by atoms with Crippen LogP contribution in [0.1, 0.15) is 31.4 Å². The fourth-order valence-corrected chi connectivity index (χ4v) is 1.97. The molecule has 3 nitrogen and oxygen atoms in total. The summed E-state index contributed by atoms with van der Waals surface area (Å²) in [4.78, 5) is 11.4. The number of allylic oxidation sites excluding steroid dienone is 1. The lowest BCUT2D eigenvalue weighted by Gasteiger charge is -2.26. The SMILES string of the molecule is COC(=O)C1=C(N[C@H](C)c2ccccc2)CC1. The fraction of sp³-hybridized carbons (Fsp3) is 0.357. The zero-order valence-corrected chi connectivity index (χ0v) is 10.2. The molecule has 0 unspecified atom stereocenters. The van der Waals surface area contributed by atoms with Crippen LogP contribution in [-0.4, -0.2) is 13.1 Å². The predicted octanol–water partition coefficient (Wildman–Crippen LogP) is 2.56. The highest BCUT2D eigenvalue weighted by molar-refractivity contribution is 5.90.